The van der Waals surface area contributed by atoms with E-state index < -0.39 is 29.8 Å². The number of allylic oxidation sites excluding steroid dienone is 2. The van der Waals surface area contributed by atoms with E-state index in [2.05, 4.69) is 18.3 Å². The fraction of sp³-hybridized carbons (Fsp3) is 0.719. The fourth-order valence-electron chi connectivity index (χ4n) is 6.16. The summed E-state index contributed by atoms with van der Waals surface area (Å²) >= 11 is 0. The smallest absolute Gasteiger partial charge is 0.410 e. The number of aliphatic hydroxyl groups excluding tert-OH is 1. The molecule has 0 bridgehead atoms. The number of primary amides is 1. The summed E-state index contributed by atoms with van der Waals surface area (Å²) < 4.78 is 23.2. The van der Waals surface area contributed by atoms with Gasteiger partial charge in [0.15, 0.2) is 0 Å². The number of hydrogen-bond donors (Lipinski definition) is 3. The minimum atomic E-state index is -0.803. The number of rotatable bonds is 10. The number of piperidine rings is 1. The van der Waals surface area contributed by atoms with E-state index in [0.717, 1.165) is 44.3 Å². The predicted octanol–water partition coefficient (Wildman–Crippen LogP) is 2.91. The predicted molar refractivity (Wildman–Crippen MR) is 160 cm³/mol. The highest BCUT2D eigenvalue weighted by Crippen LogP contribution is 2.43. The van der Waals surface area contributed by atoms with Crippen LogP contribution in [0.5, 0.6) is 0 Å². The van der Waals surface area contributed by atoms with Crippen LogP contribution in [0.15, 0.2) is 36.0 Å². The van der Waals surface area contributed by atoms with Crippen molar-refractivity contribution < 1.29 is 38.4 Å². The summed E-state index contributed by atoms with van der Waals surface area (Å²) in [6.07, 6.45) is 11.2. The number of nitrogens with zero attached hydrogens (tertiary/aromatic N) is 1. The molecule has 9 atom stereocenters. The molecule has 0 aromatic heterocycles. The van der Waals surface area contributed by atoms with Gasteiger partial charge in [-0.25, -0.2) is 4.79 Å². The summed E-state index contributed by atoms with van der Waals surface area (Å²) in [6.45, 7) is 9.70. The van der Waals surface area contributed by atoms with Gasteiger partial charge in [0, 0.05) is 25.6 Å². The van der Waals surface area contributed by atoms with Gasteiger partial charge in [-0.1, -0.05) is 30.7 Å². The summed E-state index contributed by atoms with van der Waals surface area (Å²) in [7, 11) is 0. The van der Waals surface area contributed by atoms with Gasteiger partial charge in [0.05, 0.1) is 37.4 Å². The van der Waals surface area contributed by atoms with Crippen LogP contribution in [0.3, 0.4) is 0 Å². The van der Waals surface area contributed by atoms with E-state index in [4.69, 9.17) is 24.7 Å². The molecule has 4 aliphatic rings. The molecule has 0 aromatic rings. The number of hydrogen-bond acceptors (Lipinski definition) is 8. The summed E-state index contributed by atoms with van der Waals surface area (Å²) in [5.74, 6) is -0.463. The molecule has 4 aliphatic heterocycles. The van der Waals surface area contributed by atoms with Crippen LogP contribution in [-0.2, 0) is 28.5 Å². The molecule has 11 nitrogen and oxygen atoms in total. The molecule has 4 heterocycles. The van der Waals surface area contributed by atoms with E-state index in [-0.39, 0.29) is 48.7 Å². The van der Waals surface area contributed by atoms with Crippen molar-refractivity contribution in [3.05, 3.63) is 36.0 Å². The molecule has 3 amide bonds. The SMILES string of the molecule is CC(C=CC1OC(CC(N)=O)CC2(CO2)C1O)=CCC1OC(C)C(NC(=O)C=CC(C)OC(=O)N2CCCCC2)CC1C. The summed E-state index contributed by atoms with van der Waals surface area (Å²) in [6, 6.07) is -0.130. The van der Waals surface area contributed by atoms with Gasteiger partial charge in [0.1, 0.15) is 23.9 Å². The molecule has 4 saturated heterocycles. The molecule has 4 fully saturated rings. The lowest BCUT2D eigenvalue weighted by molar-refractivity contribution is -0.143. The van der Waals surface area contributed by atoms with Gasteiger partial charge in [-0.05, 0) is 64.9 Å². The number of nitrogens with one attached hydrogen (secondary N) is 1. The third-order valence-corrected chi connectivity index (χ3v) is 8.90. The lowest BCUT2D eigenvalue weighted by Crippen LogP contribution is -2.50. The molecule has 0 saturated carbocycles. The second-order valence-corrected chi connectivity index (χ2v) is 12.6. The third kappa shape index (κ3) is 9.38. The van der Waals surface area contributed by atoms with Gasteiger partial charge in [-0.2, -0.15) is 0 Å². The molecule has 240 valence electrons. The molecule has 9 unspecified atom stereocenters. The first-order valence-corrected chi connectivity index (χ1v) is 15.7. The number of amides is 3. The first-order valence-electron chi connectivity index (χ1n) is 15.7. The number of nitrogens with two attached hydrogens (primary N) is 1. The number of carbonyl (C=O) groups excluding carboxylic acids is 3. The maximum atomic E-state index is 12.6. The van der Waals surface area contributed by atoms with Crippen LogP contribution in [0.2, 0.25) is 0 Å². The quantitative estimate of drug-likeness (QED) is 0.196. The summed E-state index contributed by atoms with van der Waals surface area (Å²) in [5.41, 5.74) is 5.71. The Morgan fingerprint density at radius 3 is 2.56 bits per heavy atom. The van der Waals surface area contributed by atoms with Crippen LogP contribution in [0.25, 0.3) is 0 Å². The molecule has 1 spiro atoms. The molecular formula is C32H49N3O8. The molecule has 43 heavy (non-hydrogen) atoms. The Labute approximate surface area is 254 Å². The van der Waals surface area contributed by atoms with Crippen molar-refractivity contribution in [3.8, 4) is 0 Å². The average molecular weight is 604 g/mol. The minimum absolute atomic E-state index is 0.00383. The van der Waals surface area contributed by atoms with Gasteiger partial charge in [0.25, 0.3) is 0 Å². The lowest BCUT2D eigenvalue weighted by Gasteiger charge is -2.39. The molecule has 0 aliphatic carbocycles. The van der Waals surface area contributed by atoms with Crippen molar-refractivity contribution >= 4 is 17.9 Å². The van der Waals surface area contributed by atoms with Gasteiger partial charge >= 0.3 is 6.09 Å². The van der Waals surface area contributed by atoms with Crippen molar-refractivity contribution in [2.24, 2.45) is 11.7 Å². The first-order chi connectivity index (χ1) is 20.5. The van der Waals surface area contributed by atoms with Gasteiger partial charge in [-0.3, -0.25) is 9.59 Å². The Bertz CT molecular complexity index is 1080. The molecule has 0 aromatic carbocycles. The number of epoxide rings is 1. The second-order valence-electron chi connectivity index (χ2n) is 12.6. The van der Waals surface area contributed by atoms with Gasteiger partial charge < -0.3 is 40.0 Å². The van der Waals surface area contributed by atoms with E-state index in [0.29, 0.717) is 19.4 Å². The van der Waals surface area contributed by atoms with Crippen molar-refractivity contribution in [1.29, 1.82) is 0 Å². The van der Waals surface area contributed by atoms with Crippen LogP contribution in [0.1, 0.15) is 72.6 Å². The zero-order valence-corrected chi connectivity index (χ0v) is 25.9. The van der Waals surface area contributed by atoms with Crippen LogP contribution in [0.4, 0.5) is 4.79 Å². The van der Waals surface area contributed by atoms with E-state index >= 15 is 0 Å². The maximum Gasteiger partial charge on any atom is 0.410 e. The topological polar surface area (TPSA) is 153 Å². The number of carbonyl (C=O) groups is 3. The molecular weight excluding hydrogens is 554 g/mol. The average Bonchev–Trinajstić information content (AvgIpc) is 3.74. The minimum Gasteiger partial charge on any atom is -0.442 e. The van der Waals surface area contributed by atoms with E-state index in [1.54, 1.807) is 17.9 Å². The Morgan fingerprint density at radius 2 is 1.88 bits per heavy atom. The normalized spacial score (nSPS) is 35.7. The molecule has 4 rings (SSSR count). The summed E-state index contributed by atoms with van der Waals surface area (Å²) in [5, 5.41) is 13.8. The van der Waals surface area contributed by atoms with Crippen LogP contribution >= 0.6 is 0 Å². The highest BCUT2D eigenvalue weighted by Gasteiger charge is 2.58. The molecule has 11 heteroatoms. The lowest BCUT2D eigenvalue weighted by atomic mass is 9.87. The number of likely N-dealkylation sites (tertiary alicyclic amines) is 1. The monoisotopic (exact) mass is 603 g/mol. The largest absolute Gasteiger partial charge is 0.442 e. The van der Waals surface area contributed by atoms with E-state index in [1.807, 2.05) is 26.0 Å². The fourth-order valence-corrected chi connectivity index (χ4v) is 6.16. The first kappa shape index (κ1) is 33.2. The Balaban J connectivity index is 1.21. The number of ether oxygens (including phenoxy) is 4. The number of aliphatic hydroxyl groups is 1. The maximum absolute atomic E-state index is 12.6. The van der Waals surface area contributed by atoms with Crippen LogP contribution < -0.4 is 11.1 Å². The highest BCUT2D eigenvalue weighted by molar-refractivity contribution is 5.87. The van der Waals surface area contributed by atoms with E-state index in [9.17, 15) is 19.5 Å². The Kier molecular flexibility index (Phi) is 11.4. The Hall–Kier alpha value is -2.73. The highest BCUT2D eigenvalue weighted by atomic mass is 16.6. The second kappa shape index (κ2) is 14.8. The van der Waals surface area contributed by atoms with Gasteiger partial charge in [-0.15, -0.1) is 0 Å². The zero-order chi connectivity index (χ0) is 31.1. The standard InChI is InChI=1S/C32H49N3O8/c1-20(9-12-27-30(38)32(19-40-32)18-24(43-27)17-28(33)36)8-11-26-21(2)16-25(23(4)42-26)34-29(37)13-10-22(3)41-31(39)35-14-6-5-7-15-35/h8-10,12-13,21-27,30,38H,5-7,11,14-19H2,1-4H3,(H2,33,36)(H,34,37). The van der Waals surface area contributed by atoms with E-state index in [1.165, 1.54) is 6.08 Å². The zero-order valence-electron chi connectivity index (χ0n) is 25.9. The van der Waals surface area contributed by atoms with Crippen molar-refractivity contribution in [3.63, 3.8) is 0 Å². The van der Waals surface area contributed by atoms with Crippen LogP contribution in [-0.4, -0.2) is 95.9 Å². The molecule has 0 radical (unpaired) electrons. The summed E-state index contributed by atoms with van der Waals surface area (Å²) in [4.78, 5) is 38.0. The molecule has 4 N–H and O–H groups in total. The Morgan fingerprint density at radius 1 is 1.16 bits per heavy atom. The van der Waals surface area contributed by atoms with Crippen molar-refractivity contribution in [1.82, 2.24) is 10.2 Å². The van der Waals surface area contributed by atoms with Crippen molar-refractivity contribution in [2.45, 2.75) is 121 Å². The van der Waals surface area contributed by atoms with Gasteiger partial charge in [0.2, 0.25) is 11.8 Å². The third-order valence-electron chi connectivity index (χ3n) is 8.90. The van der Waals surface area contributed by atoms with Crippen molar-refractivity contribution in [2.75, 3.05) is 19.7 Å². The van der Waals surface area contributed by atoms with Crippen LogP contribution in [0, 0.1) is 5.92 Å².